The fourth-order valence-electron chi connectivity index (χ4n) is 3.31. The number of carbonyl (C=O) groups is 2. The third kappa shape index (κ3) is 6.78. The predicted molar refractivity (Wildman–Crippen MR) is 119 cm³/mol. The zero-order valence-corrected chi connectivity index (χ0v) is 18.7. The average Bonchev–Trinajstić information content (AvgIpc) is 2.74. The third-order valence-corrected chi connectivity index (χ3v) is 6.03. The van der Waals surface area contributed by atoms with E-state index < -0.39 is 34.3 Å². The molecule has 2 amide bonds. The number of benzene rings is 2. The first-order chi connectivity index (χ1) is 14.7. The van der Waals surface area contributed by atoms with Crippen LogP contribution in [0.5, 0.6) is 0 Å². The summed E-state index contributed by atoms with van der Waals surface area (Å²) in [6.07, 6.45) is 1.81. The molecule has 2 aromatic rings. The van der Waals surface area contributed by atoms with Gasteiger partial charge in [-0.25, -0.2) is 12.8 Å². The number of carbonyl (C=O) groups excluding carboxylic acids is 2. The van der Waals surface area contributed by atoms with Crippen LogP contribution in [0.25, 0.3) is 0 Å². The van der Waals surface area contributed by atoms with Crippen molar-refractivity contribution in [2.45, 2.75) is 25.8 Å². The molecule has 7 nitrogen and oxygen atoms in total. The van der Waals surface area contributed by atoms with Crippen molar-refractivity contribution in [1.29, 1.82) is 0 Å². The zero-order chi connectivity index (χ0) is 23.0. The maximum atomic E-state index is 13.7. The van der Waals surface area contributed by atoms with E-state index in [9.17, 15) is 22.4 Å². The zero-order valence-electron chi connectivity index (χ0n) is 17.9. The van der Waals surface area contributed by atoms with Gasteiger partial charge < -0.3 is 10.2 Å². The summed E-state index contributed by atoms with van der Waals surface area (Å²) in [4.78, 5) is 27.0. The van der Waals surface area contributed by atoms with E-state index in [-0.39, 0.29) is 18.1 Å². The molecule has 0 unspecified atom stereocenters. The van der Waals surface area contributed by atoms with Crippen LogP contribution in [0, 0.1) is 5.82 Å². The van der Waals surface area contributed by atoms with Gasteiger partial charge in [0.2, 0.25) is 21.8 Å². The molecule has 0 aliphatic carbocycles. The lowest BCUT2D eigenvalue weighted by Crippen LogP contribution is -2.52. The molecule has 0 saturated heterocycles. The average molecular weight is 450 g/mol. The monoisotopic (exact) mass is 449 g/mol. The van der Waals surface area contributed by atoms with Crippen molar-refractivity contribution >= 4 is 27.5 Å². The van der Waals surface area contributed by atoms with Gasteiger partial charge in [-0.1, -0.05) is 43.3 Å². The molecular formula is C22H28FN3O4S. The van der Waals surface area contributed by atoms with Crippen LogP contribution in [0.4, 0.5) is 10.1 Å². The molecule has 0 saturated carbocycles. The number of nitrogens with one attached hydrogen (secondary N) is 1. The molecule has 0 aromatic heterocycles. The van der Waals surface area contributed by atoms with Gasteiger partial charge in [0.05, 0.1) is 11.9 Å². The molecular weight excluding hydrogens is 421 g/mol. The number of amides is 2. The molecule has 0 aliphatic heterocycles. The first kappa shape index (κ1) is 24.3. The van der Waals surface area contributed by atoms with E-state index in [0.717, 1.165) is 22.2 Å². The topological polar surface area (TPSA) is 86.8 Å². The van der Waals surface area contributed by atoms with Gasteiger partial charge in [0.25, 0.3) is 0 Å². The largest absolute Gasteiger partial charge is 0.357 e. The first-order valence-corrected chi connectivity index (χ1v) is 11.8. The molecule has 0 bridgehead atoms. The summed E-state index contributed by atoms with van der Waals surface area (Å²) in [5.41, 5.74) is 1.03. The van der Waals surface area contributed by atoms with E-state index in [1.54, 1.807) is 6.92 Å². The molecule has 31 heavy (non-hydrogen) atoms. The van der Waals surface area contributed by atoms with Crippen LogP contribution in [0.1, 0.15) is 18.9 Å². The summed E-state index contributed by atoms with van der Waals surface area (Å²) < 4.78 is 39.3. The van der Waals surface area contributed by atoms with Crippen LogP contribution in [0.2, 0.25) is 0 Å². The summed E-state index contributed by atoms with van der Waals surface area (Å²) in [5, 5.41) is 2.56. The van der Waals surface area contributed by atoms with Crippen LogP contribution in [0.15, 0.2) is 54.6 Å². The Kier molecular flexibility index (Phi) is 8.56. The molecule has 9 heteroatoms. The number of anilines is 1. The number of rotatable bonds is 10. The molecule has 0 spiro atoms. The number of halogens is 1. The molecule has 0 aliphatic rings. The number of sulfonamides is 1. The lowest BCUT2D eigenvalue weighted by atomic mass is 10.1. The Labute approximate surface area is 182 Å². The Morgan fingerprint density at radius 3 is 2.32 bits per heavy atom. The Hall–Kier alpha value is -2.94. The molecule has 0 heterocycles. The van der Waals surface area contributed by atoms with Gasteiger partial charge in [0.1, 0.15) is 18.4 Å². The molecule has 1 atom stereocenters. The summed E-state index contributed by atoms with van der Waals surface area (Å²) in [5.74, 6) is -1.49. The van der Waals surface area contributed by atoms with Gasteiger partial charge in [-0.05, 0) is 36.6 Å². The fourth-order valence-corrected chi connectivity index (χ4v) is 4.15. The molecule has 0 radical (unpaired) electrons. The molecule has 2 aromatic carbocycles. The Morgan fingerprint density at radius 1 is 1.10 bits per heavy atom. The first-order valence-electron chi connectivity index (χ1n) is 9.95. The van der Waals surface area contributed by atoms with Crippen molar-refractivity contribution in [1.82, 2.24) is 10.2 Å². The van der Waals surface area contributed by atoms with Crippen LogP contribution >= 0.6 is 0 Å². The predicted octanol–water partition coefficient (Wildman–Crippen LogP) is 2.19. The van der Waals surface area contributed by atoms with Crippen molar-refractivity contribution in [3.05, 3.63) is 66.0 Å². The van der Waals surface area contributed by atoms with E-state index in [2.05, 4.69) is 5.32 Å². The Morgan fingerprint density at radius 2 is 1.77 bits per heavy atom. The van der Waals surface area contributed by atoms with Crippen molar-refractivity contribution in [2.75, 3.05) is 30.7 Å². The summed E-state index contributed by atoms with van der Waals surface area (Å²) in [6.45, 7) is 1.48. The second kappa shape index (κ2) is 10.9. The van der Waals surface area contributed by atoms with Gasteiger partial charge in [0, 0.05) is 13.6 Å². The lowest BCUT2D eigenvalue weighted by Gasteiger charge is -2.32. The van der Waals surface area contributed by atoms with E-state index in [4.69, 9.17) is 0 Å². The smallest absolute Gasteiger partial charge is 0.244 e. The highest BCUT2D eigenvalue weighted by Crippen LogP contribution is 2.20. The Bertz CT molecular complexity index is 999. The molecule has 0 fully saturated rings. The maximum Gasteiger partial charge on any atom is 0.244 e. The van der Waals surface area contributed by atoms with Gasteiger partial charge in [-0.2, -0.15) is 0 Å². The SMILES string of the molecule is CC[C@@H](C(=O)NC)N(CCc1ccccc1)C(=O)CN(c1cccc(F)c1)S(C)(=O)=O. The maximum absolute atomic E-state index is 13.7. The summed E-state index contributed by atoms with van der Waals surface area (Å²) in [6, 6.07) is 13.8. The number of nitrogens with zero attached hydrogens (tertiary/aromatic N) is 2. The minimum atomic E-state index is -3.87. The highest BCUT2D eigenvalue weighted by atomic mass is 32.2. The van der Waals surface area contributed by atoms with Crippen LogP contribution in [-0.2, 0) is 26.0 Å². The van der Waals surface area contributed by atoms with Gasteiger partial charge in [-0.3, -0.25) is 13.9 Å². The summed E-state index contributed by atoms with van der Waals surface area (Å²) in [7, 11) is -2.38. The highest BCUT2D eigenvalue weighted by molar-refractivity contribution is 7.92. The minimum absolute atomic E-state index is 0.0480. The van der Waals surface area contributed by atoms with Crippen LogP contribution in [0.3, 0.4) is 0 Å². The highest BCUT2D eigenvalue weighted by Gasteiger charge is 2.31. The van der Waals surface area contributed by atoms with Gasteiger partial charge in [0.15, 0.2) is 0 Å². The normalized spacial score (nSPS) is 12.1. The lowest BCUT2D eigenvalue weighted by molar-refractivity contribution is -0.139. The molecule has 168 valence electrons. The van der Waals surface area contributed by atoms with E-state index in [0.29, 0.717) is 12.8 Å². The standard InChI is InChI=1S/C22H28FN3O4S/c1-4-20(22(28)24-2)25(14-13-17-9-6-5-7-10-17)21(27)16-26(31(3,29)30)19-12-8-11-18(23)15-19/h5-12,15,20H,4,13-14,16H2,1-3H3,(H,24,28)/t20-/m0/s1. The van der Waals surface area contributed by atoms with Crippen LogP contribution in [-0.4, -0.2) is 57.6 Å². The minimum Gasteiger partial charge on any atom is -0.357 e. The van der Waals surface area contributed by atoms with Crippen molar-refractivity contribution in [2.24, 2.45) is 0 Å². The van der Waals surface area contributed by atoms with Crippen molar-refractivity contribution in [3.8, 4) is 0 Å². The number of hydrogen-bond donors (Lipinski definition) is 1. The fraction of sp³-hybridized carbons (Fsp3) is 0.364. The van der Waals surface area contributed by atoms with Crippen molar-refractivity contribution < 1.29 is 22.4 Å². The number of hydrogen-bond acceptors (Lipinski definition) is 4. The van der Waals surface area contributed by atoms with E-state index in [1.807, 2.05) is 30.3 Å². The second-order valence-electron chi connectivity index (χ2n) is 7.11. The number of likely N-dealkylation sites (N-methyl/N-ethyl adjacent to an activating group) is 1. The van der Waals surface area contributed by atoms with E-state index >= 15 is 0 Å². The summed E-state index contributed by atoms with van der Waals surface area (Å²) >= 11 is 0. The van der Waals surface area contributed by atoms with E-state index in [1.165, 1.54) is 30.1 Å². The van der Waals surface area contributed by atoms with Gasteiger partial charge >= 0.3 is 0 Å². The molecule has 2 rings (SSSR count). The van der Waals surface area contributed by atoms with Crippen LogP contribution < -0.4 is 9.62 Å². The second-order valence-corrected chi connectivity index (χ2v) is 9.02. The molecule has 1 N–H and O–H groups in total. The third-order valence-electron chi connectivity index (χ3n) is 4.89. The van der Waals surface area contributed by atoms with Crippen molar-refractivity contribution in [3.63, 3.8) is 0 Å². The quantitative estimate of drug-likeness (QED) is 0.602. The Balaban J connectivity index is 2.33. The van der Waals surface area contributed by atoms with Gasteiger partial charge in [-0.15, -0.1) is 0 Å².